The fourth-order valence-corrected chi connectivity index (χ4v) is 8.70. The van der Waals surface area contributed by atoms with Gasteiger partial charge in [-0.3, -0.25) is 9.59 Å². The zero-order valence-electron chi connectivity index (χ0n) is 42.2. The van der Waals surface area contributed by atoms with E-state index < -0.39 is 138 Å². The summed E-state index contributed by atoms with van der Waals surface area (Å²) in [6.45, 7) is 17.5. The van der Waals surface area contributed by atoms with Crippen molar-refractivity contribution in [2.45, 2.75) is 175 Å². The number of phenolic OH excluding ortho intramolecular Hbond substituents is 2. The number of carbonyl (C=O) groups excluding carboxylic acids is 4. The van der Waals surface area contributed by atoms with Crippen LogP contribution in [0, 0.1) is 18.8 Å². The number of ketones is 1. The number of aromatic hydroxyl groups is 2. The van der Waals surface area contributed by atoms with Gasteiger partial charge in [0.15, 0.2) is 42.1 Å². The Balaban J connectivity index is 1.61. The van der Waals surface area contributed by atoms with Gasteiger partial charge in [0.05, 0.1) is 41.4 Å². The summed E-state index contributed by atoms with van der Waals surface area (Å²) in [4.78, 5) is 53.4. The molecule has 13 atom stereocenters. The van der Waals surface area contributed by atoms with Gasteiger partial charge in [0.25, 0.3) is 0 Å². The van der Waals surface area contributed by atoms with Crippen LogP contribution in [0.5, 0.6) is 11.5 Å². The van der Waals surface area contributed by atoms with Crippen LogP contribution in [-0.4, -0.2) is 147 Å². The van der Waals surface area contributed by atoms with Gasteiger partial charge in [0.1, 0.15) is 46.7 Å². The molecule has 2 saturated heterocycles. The zero-order valence-corrected chi connectivity index (χ0v) is 43.7. The molecule has 3 heterocycles. The maximum Gasteiger partial charge on any atom is 0.342 e. The standard InChI is InChI=1S/C51H70Cl2O18/c1-13-30-21-25(5)32(55)17-15-14-16-31(22-65-50-44(64-12)41(60)43(29(9)66-50)68-48(63)34-27(7)35(52)38(57)36(53)37(34)56)47(62)67-33(28(8)54)19-18-24(4)20-26(6)42(30)69-49-40(59)39(58)45(51(10,11)71-49)70-46(61)23(2)3/h14-16,18,20-21,23,28-30,33,39-45,49-50,54,56-60H,13,17,19,22H2,1-12H3/b15-14+,24-18+,25-21+,26-20+,31-16+/t28-,29-,30+,33+,39-,40+,41+,42+,43-,44+,45+,49-,50-/m1/s1. The Morgan fingerprint density at radius 2 is 1.59 bits per heavy atom. The van der Waals surface area contributed by atoms with E-state index in [9.17, 15) is 49.8 Å². The fourth-order valence-electron chi connectivity index (χ4n) is 8.28. The molecule has 71 heavy (non-hydrogen) atoms. The van der Waals surface area contributed by atoms with Crippen LogP contribution >= 0.6 is 23.2 Å². The summed E-state index contributed by atoms with van der Waals surface area (Å²) < 4.78 is 47.2. The number of esters is 3. The van der Waals surface area contributed by atoms with Crippen LogP contribution < -0.4 is 0 Å². The van der Waals surface area contributed by atoms with Crippen LogP contribution in [0.3, 0.4) is 0 Å². The smallest absolute Gasteiger partial charge is 0.342 e. The summed E-state index contributed by atoms with van der Waals surface area (Å²) in [5.74, 6) is -5.22. The number of aliphatic hydroxyl groups is 4. The Morgan fingerprint density at radius 3 is 2.20 bits per heavy atom. The summed E-state index contributed by atoms with van der Waals surface area (Å²) in [5, 5.41) is 64.6. The second-order valence-corrected chi connectivity index (χ2v) is 19.7. The molecule has 396 valence electrons. The van der Waals surface area contributed by atoms with Crippen LogP contribution in [0.1, 0.15) is 104 Å². The first kappa shape index (κ1) is 59.4. The SMILES string of the molecule is CC[C@H]1/C=C(\C)C(=O)C/C=C/C=C(\CO[C@@H]2O[C@H](C)[C@@H](OC(=O)c3c(C)c(Cl)c(O)c(Cl)c3O)[C@H](O)[C@@H]2OC)C(=O)O[C@H]([C@@H](C)O)C/C=C(C)/C=C(\C)[C@@H]1O[C@@H]1OC(C)(C)[C@@H](OC(=O)C(C)C)[C@H](O)[C@@H]1O. The Hall–Kier alpha value is -4.18. The van der Waals surface area contributed by atoms with Crippen LogP contribution in [0.4, 0.5) is 0 Å². The van der Waals surface area contributed by atoms with Crippen molar-refractivity contribution in [1.29, 1.82) is 0 Å². The molecule has 0 radical (unpaired) electrons. The molecule has 0 aliphatic carbocycles. The number of benzene rings is 1. The monoisotopic (exact) mass is 1040 g/mol. The normalized spacial score (nSPS) is 34.1. The lowest BCUT2D eigenvalue weighted by atomic mass is 9.88. The van der Waals surface area contributed by atoms with E-state index in [1.807, 2.05) is 13.0 Å². The number of rotatable bonds is 12. The lowest BCUT2D eigenvalue weighted by Crippen LogP contribution is -2.64. The Bertz CT molecular complexity index is 2220. The molecule has 0 bridgehead atoms. The van der Waals surface area contributed by atoms with E-state index in [1.54, 1.807) is 60.6 Å². The summed E-state index contributed by atoms with van der Waals surface area (Å²) >= 11 is 12.1. The molecule has 1 aromatic rings. The van der Waals surface area contributed by atoms with E-state index in [0.29, 0.717) is 23.1 Å². The number of ether oxygens (including phenoxy) is 8. The topological polar surface area (TPSA) is 263 Å². The quantitative estimate of drug-likeness (QED) is 0.101. The first-order valence-electron chi connectivity index (χ1n) is 23.5. The molecule has 18 nitrogen and oxygen atoms in total. The van der Waals surface area contributed by atoms with Crippen molar-refractivity contribution in [1.82, 2.24) is 0 Å². The van der Waals surface area contributed by atoms with Crippen molar-refractivity contribution < 1.29 is 87.7 Å². The minimum Gasteiger partial charge on any atom is -0.505 e. The van der Waals surface area contributed by atoms with Gasteiger partial charge in [-0.2, -0.15) is 0 Å². The number of Topliss-reactive ketones (excluding diaryl/α,β-unsaturated/α-hetero) is 1. The molecule has 3 aliphatic rings. The Morgan fingerprint density at radius 1 is 0.930 bits per heavy atom. The molecule has 3 aliphatic heterocycles. The van der Waals surface area contributed by atoms with Gasteiger partial charge < -0.3 is 68.5 Å². The highest BCUT2D eigenvalue weighted by molar-refractivity contribution is 6.39. The number of methoxy groups -OCH3 is 1. The minimum atomic E-state index is -1.62. The number of hydrogen-bond donors (Lipinski definition) is 6. The van der Waals surface area contributed by atoms with Crippen LogP contribution in [0.2, 0.25) is 10.0 Å². The average Bonchev–Trinajstić information content (AvgIpc) is 3.30. The number of phenols is 2. The Kier molecular flexibility index (Phi) is 21.5. The van der Waals surface area contributed by atoms with E-state index in [0.717, 1.165) is 0 Å². The molecule has 0 aromatic heterocycles. The third kappa shape index (κ3) is 14.5. The Labute approximate surface area is 424 Å². The highest BCUT2D eigenvalue weighted by Gasteiger charge is 2.53. The molecule has 6 N–H and O–H groups in total. The highest BCUT2D eigenvalue weighted by Crippen LogP contribution is 2.44. The molecule has 0 unspecified atom stereocenters. The highest BCUT2D eigenvalue weighted by atomic mass is 35.5. The van der Waals surface area contributed by atoms with Gasteiger partial charge in [-0.15, -0.1) is 0 Å². The minimum absolute atomic E-state index is 0.0333. The van der Waals surface area contributed by atoms with E-state index in [1.165, 1.54) is 46.1 Å². The second kappa shape index (κ2) is 25.7. The summed E-state index contributed by atoms with van der Waals surface area (Å²) in [6, 6.07) is 0. The predicted molar refractivity (Wildman–Crippen MR) is 259 cm³/mol. The molecule has 2 fully saturated rings. The third-order valence-electron chi connectivity index (χ3n) is 12.6. The zero-order chi connectivity index (χ0) is 53.4. The molecular formula is C51H70Cl2O18. The largest absolute Gasteiger partial charge is 0.505 e. The summed E-state index contributed by atoms with van der Waals surface area (Å²) in [7, 11) is 1.25. The van der Waals surface area contributed by atoms with Crippen molar-refractivity contribution in [3.05, 3.63) is 79.9 Å². The molecule has 0 amide bonds. The number of hydrogen-bond acceptors (Lipinski definition) is 18. The first-order valence-corrected chi connectivity index (χ1v) is 24.2. The predicted octanol–water partition coefficient (Wildman–Crippen LogP) is 6.19. The van der Waals surface area contributed by atoms with Gasteiger partial charge in [-0.1, -0.05) is 79.9 Å². The van der Waals surface area contributed by atoms with Crippen molar-refractivity contribution in [2.24, 2.45) is 11.8 Å². The van der Waals surface area contributed by atoms with Gasteiger partial charge in [0, 0.05) is 25.9 Å². The molecular weight excluding hydrogens is 971 g/mol. The average molecular weight is 1040 g/mol. The van der Waals surface area contributed by atoms with Crippen LogP contribution in [0.15, 0.2) is 58.7 Å². The van der Waals surface area contributed by atoms with Gasteiger partial charge in [0.2, 0.25) is 0 Å². The van der Waals surface area contributed by atoms with Crippen molar-refractivity contribution >= 4 is 46.9 Å². The number of cyclic esters (lactones) is 1. The van der Waals surface area contributed by atoms with Gasteiger partial charge >= 0.3 is 17.9 Å². The van der Waals surface area contributed by atoms with E-state index >= 15 is 0 Å². The molecule has 20 heteroatoms. The number of aliphatic hydroxyl groups excluding tert-OH is 4. The fraction of sp³-hybridized carbons (Fsp3) is 0.608. The summed E-state index contributed by atoms with van der Waals surface area (Å²) in [5.41, 5.74) is -0.103. The van der Waals surface area contributed by atoms with Crippen LogP contribution in [-0.2, 0) is 52.3 Å². The van der Waals surface area contributed by atoms with E-state index in [-0.39, 0.29) is 34.8 Å². The lowest BCUT2D eigenvalue weighted by molar-refractivity contribution is -0.333. The molecule has 0 spiro atoms. The van der Waals surface area contributed by atoms with Gasteiger partial charge in [-0.05, 0) is 84.6 Å². The number of halogens is 2. The maximum absolute atomic E-state index is 13.9. The second-order valence-electron chi connectivity index (χ2n) is 19.0. The van der Waals surface area contributed by atoms with Gasteiger partial charge in [-0.25, -0.2) is 9.59 Å². The first-order chi connectivity index (χ1) is 33.2. The maximum atomic E-state index is 13.9. The third-order valence-corrected chi connectivity index (χ3v) is 13.4. The van der Waals surface area contributed by atoms with E-state index in [2.05, 4.69) is 0 Å². The van der Waals surface area contributed by atoms with Crippen LogP contribution in [0.25, 0.3) is 0 Å². The van der Waals surface area contributed by atoms with Crippen molar-refractivity contribution in [3.8, 4) is 11.5 Å². The number of carbonyl (C=O) groups is 4. The van der Waals surface area contributed by atoms with Crippen molar-refractivity contribution in [2.75, 3.05) is 13.7 Å². The van der Waals surface area contributed by atoms with Crippen molar-refractivity contribution in [3.63, 3.8) is 0 Å². The lowest BCUT2D eigenvalue weighted by Gasteiger charge is -2.47. The summed E-state index contributed by atoms with van der Waals surface area (Å²) in [6.07, 6.45) is -5.33. The molecule has 4 rings (SSSR count). The molecule has 1 aromatic carbocycles. The molecule has 0 saturated carbocycles. The van der Waals surface area contributed by atoms with E-state index in [4.69, 9.17) is 61.1 Å². The number of allylic oxidation sites excluding steroid dienone is 6.